The lowest BCUT2D eigenvalue weighted by Gasteiger charge is -2.07. The Morgan fingerprint density at radius 2 is 2.20 bits per heavy atom. The van der Waals surface area contributed by atoms with Crippen LogP contribution in [-0.4, -0.2) is 24.8 Å². The summed E-state index contributed by atoms with van der Waals surface area (Å²) in [6, 6.07) is 5.00. The number of hydrogen-bond acceptors (Lipinski definition) is 3. The summed E-state index contributed by atoms with van der Waals surface area (Å²) >= 11 is 0. The van der Waals surface area contributed by atoms with Crippen LogP contribution in [0.3, 0.4) is 0 Å². The Bertz CT molecular complexity index is 346. The van der Waals surface area contributed by atoms with Crippen LogP contribution in [0.4, 0.5) is 0 Å². The largest absolute Gasteiger partial charge is 0.496 e. The molecule has 0 unspecified atom stereocenters. The van der Waals surface area contributed by atoms with E-state index in [-0.39, 0.29) is 5.56 Å². The first kappa shape index (κ1) is 11.5. The first-order chi connectivity index (χ1) is 7.19. The molecule has 0 bridgehead atoms. The molecule has 0 aliphatic carbocycles. The van der Waals surface area contributed by atoms with Crippen molar-refractivity contribution in [2.45, 2.75) is 13.5 Å². The van der Waals surface area contributed by atoms with Gasteiger partial charge in [0.1, 0.15) is 11.3 Å². The number of methoxy groups -OCH3 is 1. The maximum Gasteiger partial charge on any atom is 0.339 e. The summed E-state index contributed by atoms with van der Waals surface area (Å²) in [5.41, 5.74) is 0.991. The maximum absolute atomic E-state index is 10.9. The van der Waals surface area contributed by atoms with E-state index >= 15 is 0 Å². The van der Waals surface area contributed by atoms with Gasteiger partial charge in [-0.1, -0.05) is 6.07 Å². The molecule has 0 heterocycles. The normalized spacial score (nSPS) is 10.0. The molecule has 0 spiro atoms. The van der Waals surface area contributed by atoms with E-state index < -0.39 is 5.97 Å². The minimum absolute atomic E-state index is 0.162. The fraction of sp³-hybridized carbons (Fsp3) is 0.364. The number of ether oxygens (including phenoxy) is 2. The van der Waals surface area contributed by atoms with E-state index in [9.17, 15) is 4.79 Å². The molecule has 0 amide bonds. The number of hydrogen-bond donors (Lipinski definition) is 1. The van der Waals surface area contributed by atoms with Crippen molar-refractivity contribution in [1.29, 1.82) is 0 Å². The highest BCUT2D eigenvalue weighted by molar-refractivity contribution is 5.91. The van der Waals surface area contributed by atoms with Crippen LogP contribution in [0.2, 0.25) is 0 Å². The molecule has 0 aliphatic heterocycles. The average molecular weight is 210 g/mol. The van der Waals surface area contributed by atoms with Crippen molar-refractivity contribution in [3.63, 3.8) is 0 Å². The Hall–Kier alpha value is -1.55. The molecular weight excluding hydrogens is 196 g/mol. The number of carbonyl (C=O) groups is 1. The zero-order valence-corrected chi connectivity index (χ0v) is 8.82. The van der Waals surface area contributed by atoms with Crippen LogP contribution in [0.5, 0.6) is 5.75 Å². The fourth-order valence-electron chi connectivity index (χ4n) is 1.23. The molecule has 0 radical (unpaired) electrons. The number of carboxylic acids is 1. The van der Waals surface area contributed by atoms with Crippen molar-refractivity contribution in [3.05, 3.63) is 29.3 Å². The van der Waals surface area contributed by atoms with Gasteiger partial charge in [-0.15, -0.1) is 0 Å². The zero-order valence-electron chi connectivity index (χ0n) is 8.82. The molecule has 82 valence electrons. The van der Waals surface area contributed by atoms with Crippen LogP contribution in [0.25, 0.3) is 0 Å². The van der Waals surface area contributed by atoms with Crippen LogP contribution < -0.4 is 4.74 Å². The Morgan fingerprint density at radius 3 is 2.73 bits per heavy atom. The molecule has 0 saturated heterocycles. The average Bonchev–Trinajstić information content (AvgIpc) is 2.25. The van der Waals surface area contributed by atoms with Gasteiger partial charge in [0.2, 0.25) is 0 Å². The van der Waals surface area contributed by atoms with Gasteiger partial charge in [0.25, 0.3) is 0 Å². The number of benzene rings is 1. The highest BCUT2D eigenvalue weighted by Crippen LogP contribution is 2.20. The van der Waals surface area contributed by atoms with Crippen LogP contribution in [0.1, 0.15) is 22.8 Å². The number of carboxylic acid groups (broad SMARTS) is 1. The lowest BCUT2D eigenvalue weighted by molar-refractivity contribution is 0.0693. The molecule has 1 aromatic rings. The quantitative estimate of drug-likeness (QED) is 0.806. The third kappa shape index (κ3) is 2.95. The first-order valence-electron chi connectivity index (χ1n) is 4.67. The topological polar surface area (TPSA) is 55.8 Å². The summed E-state index contributed by atoms with van der Waals surface area (Å²) in [6.07, 6.45) is 0. The van der Waals surface area contributed by atoms with E-state index in [1.807, 2.05) is 6.92 Å². The Morgan fingerprint density at radius 1 is 1.47 bits per heavy atom. The van der Waals surface area contributed by atoms with Crippen LogP contribution >= 0.6 is 0 Å². The van der Waals surface area contributed by atoms with Crippen molar-refractivity contribution in [1.82, 2.24) is 0 Å². The van der Waals surface area contributed by atoms with Crippen molar-refractivity contribution < 1.29 is 19.4 Å². The van der Waals surface area contributed by atoms with E-state index in [4.69, 9.17) is 14.6 Å². The maximum atomic E-state index is 10.9. The molecular formula is C11H14O4. The van der Waals surface area contributed by atoms with Gasteiger partial charge in [-0.2, -0.15) is 0 Å². The minimum Gasteiger partial charge on any atom is -0.496 e. The molecule has 0 fully saturated rings. The summed E-state index contributed by atoms with van der Waals surface area (Å²) in [4.78, 5) is 10.9. The predicted molar refractivity (Wildman–Crippen MR) is 55.3 cm³/mol. The van der Waals surface area contributed by atoms with Crippen LogP contribution in [0, 0.1) is 0 Å². The zero-order chi connectivity index (χ0) is 11.3. The van der Waals surface area contributed by atoms with Crippen LogP contribution in [-0.2, 0) is 11.3 Å². The Kier molecular flexibility index (Phi) is 4.12. The fourth-order valence-corrected chi connectivity index (χ4v) is 1.23. The molecule has 0 saturated carbocycles. The molecule has 0 aromatic heterocycles. The molecule has 15 heavy (non-hydrogen) atoms. The first-order valence-corrected chi connectivity index (χ1v) is 4.67. The van der Waals surface area contributed by atoms with Crippen molar-refractivity contribution >= 4 is 5.97 Å². The second-order valence-corrected chi connectivity index (χ2v) is 2.98. The SMILES string of the molecule is CCOCc1ccc(OC)c(C(=O)O)c1. The summed E-state index contributed by atoms with van der Waals surface area (Å²) in [5.74, 6) is -0.632. The monoisotopic (exact) mass is 210 g/mol. The second kappa shape index (κ2) is 5.36. The molecule has 1 N–H and O–H groups in total. The van der Waals surface area contributed by atoms with E-state index in [0.717, 1.165) is 5.56 Å². The molecule has 1 aromatic carbocycles. The molecule has 0 atom stereocenters. The second-order valence-electron chi connectivity index (χ2n) is 2.98. The van der Waals surface area contributed by atoms with Gasteiger partial charge in [0, 0.05) is 6.61 Å². The Balaban J connectivity index is 2.94. The van der Waals surface area contributed by atoms with E-state index in [1.54, 1.807) is 18.2 Å². The van der Waals surface area contributed by atoms with Crippen molar-refractivity contribution in [2.24, 2.45) is 0 Å². The van der Waals surface area contributed by atoms with E-state index in [1.165, 1.54) is 7.11 Å². The molecule has 4 nitrogen and oxygen atoms in total. The molecule has 0 aliphatic rings. The highest BCUT2D eigenvalue weighted by atomic mass is 16.5. The Labute approximate surface area is 88.4 Å². The molecule has 1 rings (SSSR count). The van der Waals surface area contributed by atoms with Gasteiger partial charge >= 0.3 is 5.97 Å². The summed E-state index contributed by atoms with van der Waals surface area (Å²) in [5, 5.41) is 8.93. The standard InChI is InChI=1S/C11H14O4/c1-3-15-7-8-4-5-10(14-2)9(6-8)11(12)13/h4-6H,3,7H2,1-2H3,(H,12,13). The van der Waals surface area contributed by atoms with Gasteiger partial charge in [0.15, 0.2) is 0 Å². The van der Waals surface area contributed by atoms with Crippen molar-refractivity contribution in [3.8, 4) is 5.75 Å². The van der Waals surface area contributed by atoms with Gasteiger partial charge < -0.3 is 14.6 Å². The summed E-state index contributed by atoms with van der Waals surface area (Å²) in [7, 11) is 1.45. The number of rotatable bonds is 5. The summed E-state index contributed by atoms with van der Waals surface area (Å²) < 4.78 is 10.1. The minimum atomic E-state index is -0.995. The summed E-state index contributed by atoms with van der Waals surface area (Å²) in [6.45, 7) is 2.91. The van der Waals surface area contributed by atoms with E-state index in [2.05, 4.69) is 0 Å². The number of aromatic carboxylic acids is 1. The van der Waals surface area contributed by atoms with Gasteiger partial charge in [-0.3, -0.25) is 0 Å². The third-order valence-electron chi connectivity index (χ3n) is 1.97. The van der Waals surface area contributed by atoms with Crippen molar-refractivity contribution in [2.75, 3.05) is 13.7 Å². The lowest BCUT2D eigenvalue weighted by Crippen LogP contribution is -2.02. The smallest absolute Gasteiger partial charge is 0.339 e. The lowest BCUT2D eigenvalue weighted by atomic mass is 10.1. The van der Waals surface area contributed by atoms with Crippen LogP contribution in [0.15, 0.2) is 18.2 Å². The van der Waals surface area contributed by atoms with Gasteiger partial charge in [-0.05, 0) is 24.6 Å². The van der Waals surface area contributed by atoms with Gasteiger partial charge in [-0.25, -0.2) is 4.79 Å². The highest BCUT2D eigenvalue weighted by Gasteiger charge is 2.11. The molecule has 4 heteroatoms. The van der Waals surface area contributed by atoms with Gasteiger partial charge in [0.05, 0.1) is 13.7 Å². The predicted octanol–water partition coefficient (Wildman–Crippen LogP) is 1.93. The van der Waals surface area contributed by atoms with E-state index in [0.29, 0.717) is 19.0 Å². The third-order valence-corrected chi connectivity index (χ3v) is 1.97.